The number of nitrogens with one attached hydrogen (secondary N) is 1. The second kappa shape index (κ2) is 4.65. The van der Waals surface area contributed by atoms with Gasteiger partial charge in [-0.3, -0.25) is 4.79 Å². The van der Waals surface area contributed by atoms with Crippen LogP contribution in [0.1, 0.15) is 0 Å². The zero-order valence-corrected chi connectivity index (χ0v) is 4.79. The van der Waals surface area contributed by atoms with Crippen molar-refractivity contribution in [3.05, 3.63) is 11.8 Å². The van der Waals surface area contributed by atoms with Gasteiger partial charge in [0.2, 0.25) is 6.41 Å². The summed E-state index contributed by atoms with van der Waals surface area (Å²) in [5, 5.41) is 10.5. The van der Waals surface area contributed by atoms with Gasteiger partial charge < -0.3 is 11.1 Å². The molecule has 48 valence electrons. The van der Waals surface area contributed by atoms with Crippen molar-refractivity contribution in [1.29, 1.82) is 5.26 Å². The highest BCUT2D eigenvalue weighted by molar-refractivity contribution is 5.47. The molecule has 0 aliphatic rings. The van der Waals surface area contributed by atoms with E-state index in [0.717, 1.165) is 6.20 Å². The second-order valence-corrected chi connectivity index (χ2v) is 1.30. The third kappa shape index (κ3) is 3.12. The average Bonchev–Trinajstić information content (AvgIpc) is 1.91. The topological polar surface area (TPSA) is 78.9 Å². The SMILES string of the molecule is N#CC(=CN)CNC=O. The van der Waals surface area contributed by atoms with Crippen molar-refractivity contribution in [2.75, 3.05) is 6.54 Å². The summed E-state index contributed by atoms with van der Waals surface area (Å²) in [5.41, 5.74) is 5.33. The molecule has 0 aromatic heterocycles. The second-order valence-electron chi connectivity index (χ2n) is 1.30. The molecule has 4 nitrogen and oxygen atoms in total. The molecule has 0 rings (SSSR count). The van der Waals surface area contributed by atoms with Gasteiger partial charge in [-0.25, -0.2) is 0 Å². The predicted molar refractivity (Wildman–Crippen MR) is 32.0 cm³/mol. The molecule has 0 saturated heterocycles. The summed E-state index contributed by atoms with van der Waals surface area (Å²) in [6.45, 7) is 0.205. The maximum absolute atomic E-state index is 9.65. The van der Waals surface area contributed by atoms with Crippen LogP contribution < -0.4 is 11.1 Å². The molecule has 4 heteroatoms. The lowest BCUT2D eigenvalue weighted by Gasteiger charge is -1.91. The Bertz CT molecular complexity index is 156. The standard InChI is InChI=1S/C5H7N3O/c6-1-5(2-7)3-8-4-9/h1,4H,3,6H2,(H,8,9). The zero-order valence-electron chi connectivity index (χ0n) is 4.79. The van der Waals surface area contributed by atoms with Gasteiger partial charge >= 0.3 is 0 Å². The van der Waals surface area contributed by atoms with Gasteiger partial charge in [-0.1, -0.05) is 0 Å². The summed E-state index contributed by atoms with van der Waals surface area (Å²) >= 11 is 0. The van der Waals surface area contributed by atoms with Crippen LogP contribution in [0.25, 0.3) is 0 Å². The van der Waals surface area contributed by atoms with E-state index in [1.807, 2.05) is 0 Å². The van der Waals surface area contributed by atoms with Crippen molar-refractivity contribution in [2.24, 2.45) is 5.73 Å². The molecule has 9 heavy (non-hydrogen) atoms. The smallest absolute Gasteiger partial charge is 0.207 e. The molecule has 3 N–H and O–H groups in total. The third-order valence-corrected chi connectivity index (χ3v) is 0.721. The molecular weight excluding hydrogens is 118 g/mol. The highest BCUT2D eigenvalue weighted by atomic mass is 16.1. The number of carbonyl (C=O) groups is 1. The first-order valence-corrected chi connectivity index (χ1v) is 2.33. The van der Waals surface area contributed by atoms with Crippen LogP contribution in [0.3, 0.4) is 0 Å². The molecule has 0 radical (unpaired) electrons. The Labute approximate surface area is 53.0 Å². The summed E-state index contributed by atoms with van der Waals surface area (Å²) in [6, 6.07) is 1.80. The minimum absolute atomic E-state index is 0.205. The van der Waals surface area contributed by atoms with Crippen molar-refractivity contribution in [3.8, 4) is 6.07 Å². The van der Waals surface area contributed by atoms with Crippen molar-refractivity contribution in [2.45, 2.75) is 0 Å². The van der Waals surface area contributed by atoms with Crippen LogP contribution in [0.15, 0.2) is 11.8 Å². The van der Waals surface area contributed by atoms with E-state index in [-0.39, 0.29) is 6.54 Å². The molecule has 0 bridgehead atoms. The molecule has 0 spiro atoms. The van der Waals surface area contributed by atoms with Crippen molar-refractivity contribution < 1.29 is 4.79 Å². The number of rotatable bonds is 3. The number of nitrogens with two attached hydrogens (primary N) is 1. The molecule has 0 heterocycles. The van der Waals surface area contributed by atoms with Crippen molar-refractivity contribution in [3.63, 3.8) is 0 Å². The number of hydrogen-bond acceptors (Lipinski definition) is 3. The van der Waals surface area contributed by atoms with Crippen LogP contribution in [0.5, 0.6) is 0 Å². The average molecular weight is 125 g/mol. The van der Waals surface area contributed by atoms with E-state index in [1.165, 1.54) is 0 Å². The van der Waals surface area contributed by atoms with E-state index in [9.17, 15) is 4.79 Å². The summed E-state index contributed by atoms with van der Waals surface area (Å²) in [7, 11) is 0. The Hall–Kier alpha value is -1.50. The maximum Gasteiger partial charge on any atom is 0.207 e. The number of hydrogen-bond donors (Lipinski definition) is 2. The van der Waals surface area contributed by atoms with Gasteiger partial charge in [-0.05, 0) is 0 Å². The number of nitrogens with zero attached hydrogens (tertiary/aromatic N) is 1. The van der Waals surface area contributed by atoms with Gasteiger partial charge in [-0.15, -0.1) is 0 Å². The lowest BCUT2D eigenvalue weighted by atomic mass is 10.3. The monoisotopic (exact) mass is 125 g/mol. The van der Waals surface area contributed by atoms with Crippen molar-refractivity contribution >= 4 is 6.41 Å². The molecule has 1 amide bonds. The van der Waals surface area contributed by atoms with Crippen LogP contribution >= 0.6 is 0 Å². The Morgan fingerprint density at radius 2 is 2.56 bits per heavy atom. The zero-order chi connectivity index (χ0) is 7.11. The van der Waals surface area contributed by atoms with Crippen LogP contribution in [-0.4, -0.2) is 13.0 Å². The van der Waals surface area contributed by atoms with E-state index < -0.39 is 0 Å². The van der Waals surface area contributed by atoms with E-state index in [2.05, 4.69) is 5.32 Å². The lowest BCUT2D eigenvalue weighted by Crippen LogP contribution is -2.14. The fourth-order valence-corrected chi connectivity index (χ4v) is 0.287. The van der Waals surface area contributed by atoms with Gasteiger partial charge in [0.1, 0.15) is 0 Å². The first-order valence-electron chi connectivity index (χ1n) is 2.33. The predicted octanol–water partition coefficient (Wildman–Crippen LogP) is -0.901. The van der Waals surface area contributed by atoms with Crippen LogP contribution in [-0.2, 0) is 4.79 Å². The summed E-state index contributed by atoms with van der Waals surface area (Å²) in [5.74, 6) is 0. The highest BCUT2D eigenvalue weighted by Crippen LogP contribution is 1.82. The molecule has 0 atom stereocenters. The number of nitriles is 1. The van der Waals surface area contributed by atoms with Gasteiger partial charge in [0.15, 0.2) is 0 Å². The molecule has 0 aliphatic carbocycles. The van der Waals surface area contributed by atoms with Gasteiger partial charge in [0.25, 0.3) is 0 Å². The molecule has 0 aromatic rings. The number of carbonyl (C=O) groups excluding carboxylic acids is 1. The van der Waals surface area contributed by atoms with Crippen LogP contribution in [0.4, 0.5) is 0 Å². The first kappa shape index (κ1) is 7.50. The van der Waals surface area contributed by atoms with E-state index >= 15 is 0 Å². The third-order valence-electron chi connectivity index (χ3n) is 0.721. The Morgan fingerprint density at radius 1 is 1.89 bits per heavy atom. The summed E-state index contributed by atoms with van der Waals surface area (Å²) in [4.78, 5) is 9.65. The minimum Gasteiger partial charge on any atom is -0.404 e. The molecule has 0 saturated carbocycles. The quantitative estimate of drug-likeness (QED) is 0.379. The van der Waals surface area contributed by atoms with E-state index in [1.54, 1.807) is 6.07 Å². The van der Waals surface area contributed by atoms with Crippen LogP contribution in [0.2, 0.25) is 0 Å². The van der Waals surface area contributed by atoms with Gasteiger partial charge in [-0.2, -0.15) is 5.26 Å². The highest BCUT2D eigenvalue weighted by Gasteiger charge is 1.88. The molecular formula is C5H7N3O. The Balaban J connectivity index is 3.61. The summed E-state index contributed by atoms with van der Waals surface area (Å²) < 4.78 is 0. The van der Waals surface area contributed by atoms with E-state index in [0.29, 0.717) is 12.0 Å². The Kier molecular flexibility index (Phi) is 3.88. The lowest BCUT2D eigenvalue weighted by molar-refractivity contribution is -0.109. The number of amides is 1. The fourth-order valence-electron chi connectivity index (χ4n) is 0.287. The minimum atomic E-state index is 0.205. The first-order chi connectivity index (χ1) is 4.35. The molecule has 0 aromatic carbocycles. The maximum atomic E-state index is 9.65. The Morgan fingerprint density at radius 3 is 2.89 bits per heavy atom. The largest absolute Gasteiger partial charge is 0.404 e. The molecule has 0 fully saturated rings. The van der Waals surface area contributed by atoms with Crippen LogP contribution in [0, 0.1) is 11.3 Å². The molecule has 0 aliphatic heterocycles. The van der Waals surface area contributed by atoms with Crippen molar-refractivity contribution in [1.82, 2.24) is 5.32 Å². The normalized spacial score (nSPS) is 9.89. The van der Waals surface area contributed by atoms with E-state index in [4.69, 9.17) is 11.0 Å². The summed E-state index contributed by atoms with van der Waals surface area (Å²) in [6.07, 6.45) is 1.68. The fraction of sp³-hybridized carbons (Fsp3) is 0.200. The molecule has 0 unspecified atom stereocenters. The van der Waals surface area contributed by atoms with Gasteiger partial charge in [0.05, 0.1) is 18.2 Å². The van der Waals surface area contributed by atoms with Gasteiger partial charge in [0, 0.05) is 6.20 Å².